The minimum Gasteiger partial charge on any atom is -0.368 e. The molecule has 2 heterocycles. The van der Waals surface area contributed by atoms with Crippen LogP contribution in [0.1, 0.15) is 35.7 Å². The zero-order valence-corrected chi connectivity index (χ0v) is 13.3. The van der Waals surface area contributed by atoms with Gasteiger partial charge in [0.05, 0.1) is 11.9 Å². The molecule has 2 aromatic rings. The van der Waals surface area contributed by atoms with Crippen LogP contribution in [0.4, 0.5) is 20.8 Å². The Morgan fingerprint density at radius 1 is 1.32 bits per heavy atom. The van der Waals surface area contributed by atoms with Gasteiger partial charge in [0.15, 0.2) is 5.82 Å². The van der Waals surface area contributed by atoms with Gasteiger partial charge in [-0.3, -0.25) is 0 Å². The molecule has 1 aliphatic heterocycles. The molecule has 4 rings (SSSR count). The SMILES string of the molecule is Nc1ncc(F)c(Cc2ccc3c(c2)NC(=O)N[C@H]3C#CC2CC2)n1. The molecule has 0 radical (unpaired) electrons. The Morgan fingerprint density at radius 3 is 2.96 bits per heavy atom. The van der Waals surface area contributed by atoms with Crippen molar-refractivity contribution in [1.29, 1.82) is 0 Å². The van der Waals surface area contributed by atoms with Crippen LogP contribution >= 0.6 is 0 Å². The number of rotatable bonds is 2. The molecule has 25 heavy (non-hydrogen) atoms. The summed E-state index contributed by atoms with van der Waals surface area (Å²) in [7, 11) is 0. The lowest BCUT2D eigenvalue weighted by atomic mass is 9.98. The number of aromatic nitrogens is 2. The number of fused-ring (bicyclic) bond motifs is 1. The minimum atomic E-state index is -0.509. The van der Waals surface area contributed by atoms with E-state index in [4.69, 9.17) is 5.73 Å². The number of nitrogens with one attached hydrogen (secondary N) is 2. The van der Waals surface area contributed by atoms with Gasteiger partial charge in [0.2, 0.25) is 5.95 Å². The second kappa shape index (κ2) is 6.06. The average molecular weight is 337 g/mol. The number of nitrogen functional groups attached to an aromatic ring is 1. The van der Waals surface area contributed by atoms with Crippen LogP contribution in [-0.2, 0) is 6.42 Å². The lowest BCUT2D eigenvalue weighted by Gasteiger charge is -2.24. The molecule has 4 N–H and O–H groups in total. The fourth-order valence-electron chi connectivity index (χ4n) is 2.72. The van der Waals surface area contributed by atoms with E-state index in [1.807, 2.05) is 18.2 Å². The molecule has 0 bridgehead atoms. The Bertz CT molecular complexity index is 913. The number of amides is 2. The standard InChI is InChI=1S/C18H16FN5O/c19-13-9-21-17(20)22-16(13)8-11-3-5-12-14(6-4-10-1-2-10)23-18(25)24-15(12)7-11/h3,5,7,9-10,14H,1-2,8H2,(H2,20,21,22)(H2,23,24,25)/t14-/m0/s1. The van der Waals surface area contributed by atoms with E-state index in [2.05, 4.69) is 32.4 Å². The molecule has 1 aromatic heterocycles. The number of hydrogen-bond donors (Lipinski definition) is 3. The smallest absolute Gasteiger partial charge is 0.320 e. The predicted molar refractivity (Wildman–Crippen MR) is 91.0 cm³/mol. The number of carbonyl (C=O) groups is 1. The van der Waals surface area contributed by atoms with Gasteiger partial charge >= 0.3 is 6.03 Å². The first-order chi connectivity index (χ1) is 12.1. The summed E-state index contributed by atoms with van der Waals surface area (Å²) in [5, 5.41) is 5.60. The van der Waals surface area contributed by atoms with Gasteiger partial charge in [-0.15, -0.1) is 0 Å². The van der Waals surface area contributed by atoms with E-state index in [1.165, 1.54) is 0 Å². The highest BCUT2D eigenvalue weighted by Crippen LogP contribution is 2.31. The van der Waals surface area contributed by atoms with Crippen LogP contribution in [0.15, 0.2) is 24.4 Å². The van der Waals surface area contributed by atoms with Gasteiger partial charge in [-0.1, -0.05) is 24.0 Å². The molecule has 1 atom stereocenters. The van der Waals surface area contributed by atoms with Crippen LogP contribution in [0.3, 0.4) is 0 Å². The van der Waals surface area contributed by atoms with Crippen LogP contribution in [0, 0.1) is 23.6 Å². The molecule has 1 aliphatic carbocycles. The van der Waals surface area contributed by atoms with Crippen LogP contribution in [0.25, 0.3) is 0 Å². The quantitative estimate of drug-likeness (QED) is 0.734. The summed E-state index contributed by atoms with van der Waals surface area (Å²) in [5.74, 6) is 6.30. The van der Waals surface area contributed by atoms with Gasteiger partial charge in [0, 0.05) is 23.6 Å². The Balaban J connectivity index is 1.62. The van der Waals surface area contributed by atoms with Gasteiger partial charge in [-0.2, -0.15) is 0 Å². The number of carbonyl (C=O) groups excluding carboxylic acids is 1. The van der Waals surface area contributed by atoms with Crippen molar-refractivity contribution in [3.05, 3.63) is 47.0 Å². The number of nitrogens with zero attached hydrogens (tertiary/aromatic N) is 2. The van der Waals surface area contributed by atoms with Crippen molar-refractivity contribution in [2.75, 3.05) is 11.1 Å². The fourth-order valence-corrected chi connectivity index (χ4v) is 2.72. The van der Waals surface area contributed by atoms with Crippen LogP contribution in [0.5, 0.6) is 0 Å². The summed E-state index contributed by atoms with van der Waals surface area (Å²) in [4.78, 5) is 19.4. The number of benzene rings is 1. The van der Waals surface area contributed by atoms with Gasteiger partial charge in [-0.05, 0) is 24.5 Å². The van der Waals surface area contributed by atoms with Crippen molar-refractivity contribution < 1.29 is 9.18 Å². The highest BCUT2D eigenvalue weighted by atomic mass is 19.1. The van der Waals surface area contributed by atoms with Crippen molar-refractivity contribution in [3.8, 4) is 11.8 Å². The number of nitrogens with two attached hydrogens (primary N) is 1. The van der Waals surface area contributed by atoms with Gasteiger partial charge in [0.1, 0.15) is 6.04 Å². The number of halogens is 1. The molecule has 1 fully saturated rings. The van der Waals surface area contributed by atoms with Crippen molar-refractivity contribution in [3.63, 3.8) is 0 Å². The highest BCUT2D eigenvalue weighted by molar-refractivity contribution is 5.93. The average Bonchev–Trinajstić information content (AvgIpc) is 3.40. The molecular weight excluding hydrogens is 321 g/mol. The highest BCUT2D eigenvalue weighted by Gasteiger charge is 2.24. The maximum absolute atomic E-state index is 13.8. The first-order valence-electron chi connectivity index (χ1n) is 8.07. The van der Waals surface area contributed by atoms with Crippen molar-refractivity contribution >= 4 is 17.7 Å². The second-order valence-corrected chi connectivity index (χ2v) is 6.22. The summed E-state index contributed by atoms with van der Waals surface area (Å²) < 4.78 is 13.8. The predicted octanol–water partition coefficient (Wildman–Crippen LogP) is 2.38. The third kappa shape index (κ3) is 3.38. The normalized spacial score (nSPS) is 18.4. The van der Waals surface area contributed by atoms with Crippen LogP contribution in [-0.4, -0.2) is 16.0 Å². The molecule has 126 valence electrons. The molecule has 6 nitrogen and oxygen atoms in total. The van der Waals surface area contributed by atoms with E-state index in [0.29, 0.717) is 11.6 Å². The summed E-state index contributed by atoms with van der Waals surface area (Å²) in [6.07, 6.45) is 3.58. The van der Waals surface area contributed by atoms with Gasteiger partial charge < -0.3 is 16.4 Å². The van der Waals surface area contributed by atoms with Crippen LogP contribution < -0.4 is 16.4 Å². The molecule has 0 unspecified atom stereocenters. The van der Waals surface area contributed by atoms with E-state index < -0.39 is 5.82 Å². The minimum absolute atomic E-state index is 0.0299. The molecule has 2 aliphatic rings. The lowest BCUT2D eigenvalue weighted by Crippen LogP contribution is -2.37. The monoisotopic (exact) mass is 337 g/mol. The molecule has 0 spiro atoms. The zero-order chi connectivity index (χ0) is 17.4. The number of urea groups is 1. The van der Waals surface area contributed by atoms with Crippen LogP contribution in [0.2, 0.25) is 0 Å². The van der Waals surface area contributed by atoms with E-state index in [-0.39, 0.29) is 30.1 Å². The third-order valence-corrected chi connectivity index (χ3v) is 4.17. The second-order valence-electron chi connectivity index (χ2n) is 6.22. The maximum atomic E-state index is 13.8. The topological polar surface area (TPSA) is 92.9 Å². The molecule has 1 aromatic carbocycles. The van der Waals surface area contributed by atoms with Crippen molar-refractivity contribution in [2.45, 2.75) is 25.3 Å². The summed E-state index contributed by atoms with van der Waals surface area (Å²) in [6.45, 7) is 0. The first kappa shape index (κ1) is 15.4. The Labute approximate surface area is 144 Å². The summed E-state index contributed by atoms with van der Waals surface area (Å²) in [6, 6.07) is 4.97. The largest absolute Gasteiger partial charge is 0.368 e. The van der Waals surface area contributed by atoms with E-state index >= 15 is 0 Å². The molecule has 2 amide bonds. The zero-order valence-electron chi connectivity index (χ0n) is 13.3. The maximum Gasteiger partial charge on any atom is 0.320 e. The van der Waals surface area contributed by atoms with E-state index in [9.17, 15) is 9.18 Å². The Hall–Kier alpha value is -3.14. The Morgan fingerprint density at radius 2 is 2.16 bits per heavy atom. The van der Waals surface area contributed by atoms with Gasteiger partial charge in [0.25, 0.3) is 0 Å². The van der Waals surface area contributed by atoms with Gasteiger partial charge in [-0.25, -0.2) is 19.2 Å². The molecule has 7 heteroatoms. The lowest BCUT2D eigenvalue weighted by molar-refractivity contribution is 0.249. The first-order valence-corrected chi connectivity index (χ1v) is 8.07. The summed E-state index contributed by atoms with van der Waals surface area (Å²) >= 11 is 0. The van der Waals surface area contributed by atoms with Crippen molar-refractivity contribution in [1.82, 2.24) is 15.3 Å². The summed E-state index contributed by atoms with van der Waals surface area (Å²) in [5.41, 5.74) is 8.14. The van der Waals surface area contributed by atoms with Crippen molar-refractivity contribution in [2.24, 2.45) is 5.92 Å². The van der Waals surface area contributed by atoms with E-state index in [0.717, 1.165) is 30.2 Å². The Kier molecular flexibility index (Phi) is 3.73. The number of hydrogen-bond acceptors (Lipinski definition) is 4. The van der Waals surface area contributed by atoms with E-state index in [1.54, 1.807) is 0 Å². The third-order valence-electron chi connectivity index (χ3n) is 4.17. The molecule has 1 saturated carbocycles. The number of anilines is 2. The molecular formula is C18H16FN5O. The fraction of sp³-hybridized carbons (Fsp3) is 0.278. The molecule has 0 saturated heterocycles.